The van der Waals surface area contributed by atoms with Gasteiger partial charge in [0.25, 0.3) is 0 Å². The number of hydrogen-bond donors (Lipinski definition) is 2. The molecule has 1 heterocycles. The molecule has 1 atom stereocenters. The van der Waals surface area contributed by atoms with E-state index in [-0.39, 0.29) is 12.6 Å². The molecule has 4 heteroatoms. The van der Waals surface area contributed by atoms with Gasteiger partial charge >= 0.3 is 0 Å². The van der Waals surface area contributed by atoms with Crippen LogP contribution in [0.1, 0.15) is 19.0 Å². The third kappa shape index (κ3) is 2.47. The molecule has 0 saturated carbocycles. The largest absolute Gasteiger partial charge is 0.394 e. The van der Waals surface area contributed by atoms with Crippen LogP contribution in [-0.4, -0.2) is 33.9 Å². The average molecular weight is 167 g/mol. The lowest BCUT2D eigenvalue weighted by Gasteiger charge is -2.02. The molecule has 1 aromatic heterocycles. The summed E-state index contributed by atoms with van der Waals surface area (Å²) in [7, 11) is 0. The molecule has 0 aromatic carbocycles. The first-order valence-corrected chi connectivity index (χ1v) is 3.99. The van der Waals surface area contributed by atoms with Gasteiger partial charge in [0.05, 0.1) is 30.9 Å². The zero-order chi connectivity index (χ0) is 8.81. The van der Waals surface area contributed by atoms with Gasteiger partial charge in [-0.25, -0.2) is 4.98 Å². The van der Waals surface area contributed by atoms with E-state index in [4.69, 9.17) is 5.11 Å². The van der Waals surface area contributed by atoms with Crippen molar-refractivity contribution in [2.45, 2.75) is 19.4 Å². The lowest BCUT2D eigenvalue weighted by molar-refractivity contribution is 0.264. The summed E-state index contributed by atoms with van der Waals surface area (Å²) in [6.07, 6.45) is 5.83. The molecule has 1 aromatic rings. The highest BCUT2D eigenvalue weighted by Gasteiger charge is 1.98. The Bertz CT molecular complexity index is 226. The van der Waals surface area contributed by atoms with Crippen molar-refractivity contribution in [3.8, 4) is 0 Å². The Balaban J connectivity index is 2.49. The number of nitrogens with one attached hydrogen (secondary N) is 1. The van der Waals surface area contributed by atoms with E-state index in [1.165, 1.54) is 0 Å². The molecule has 66 valence electrons. The van der Waals surface area contributed by atoms with Gasteiger partial charge in [0.2, 0.25) is 0 Å². The summed E-state index contributed by atoms with van der Waals surface area (Å²) in [5.74, 6) is 0. The number of imidazole rings is 1. The molecule has 2 N–H and O–H groups in total. The van der Waals surface area contributed by atoms with Gasteiger partial charge in [-0.1, -0.05) is 6.92 Å². The van der Waals surface area contributed by atoms with Gasteiger partial charge in [0.15, 0.2) is 0 Å². The van der Waals surface area contributed by atoms with E-state index in [9.17, 15) is 0 Å². The first-order valence-electron chi connectivity index (χ1n) is 3.99. The van der Waals surface area contributed by atoms with Crippen LogP contribution >= 0.6 is 0 Å². The Morgan fingerprint density at radius 3 is 3.17 bits per heavy atom. The fraction of sp³-hybridized carbons (Fsp3) is 0.500. The van der Waals surface area contributed by atoms with Gasteiger partial charge in [-0.3, -0.25) is 4.99 Å². The maximum absolute atomic E-state index is 8.82. The zero-order valence-corrected chi connectivity index (χ0v) is 7.07. The van der Waals surface area contributed by atoms with Crippen molar-refractivity contribution in [1.82, 2.24) is 9.97 Å². The van der Waals surface area contributed by atoms with Crippen LogP contribution in [0.25, 0.3) is 0 Å². The molecule has 0 amide bonds. The number of aliphatic hydroxyl groups excluding tert-OH is 1. The van der Waals surface area contributed by atoms with E-state index in [1.807, 2.05) is 6.92 Å². The maximum atomic E-state index is 8.82. The summed E-state index contributed by atoms with van der Waals surface area (Å²) in [5.41, 5.74) is 0.863. The minimum absolute atomic E-state index is 0.00769. The molecule has 0 radical (unpaired) electrons. The second-order valence-electron chi connectivity index (χ2n) is 2.53. The van der Waals surface area contributed by atoms with Crippen LogP contribution in [0.3, 0.4) is 0 Å². The van der Waals surface area contributed by atoms with Crippen molar-refractivity contribution in [2.24, 2.45) is 4.99 Å². The Morgan fingerprint density at radius 1 is 1.83 bits per heavy atom. The maximum Gasteiger partial charge on any atom is 0.0924 e. The van der Waals surface area contributed by atoms with E-state index < -0.39 is 0 Å². The van der Waals surface area contributed by atoms with Crippen LogP contribution in [0.15, 0.2) is 17.5 Å². The van der Waals surface area contributed by atoms with Crippen LogP contribution < -0.4 is 0 Å². The first kappa shape index (κ1) is 8.93. The Labute approximate surface area is 71.4 Å². The third-order valence-electron chi connectivity index (χ3n) is 1.63. The van der Waals surface area contributed by atoms with E-state index in [1.54, 1.807) is 18.7 Å². The average Bonchev–Trinajstić information content (AvgIpc) is 2.59. The molecule has 0 spiro atoms. The SMILES string of the molecule is CC[C@H](CO)N=Cc1cnc[nH]1. The van der Waals surface area contributed by atoms with E-state index in [2.05, 4.69) is 15.0 Å². The summed E-state index contributed by atoms with van der Waals surface area (Å²) in [5, 5.41) is 8.82. The fourth-order valence-corrected chi connectivity index (χ4v) is 0.805. The standard InChI is InChI=1S/C8H13N3O/c1-2-7(5-12)10-4-8-3-9-6-11-8/h3-4,6-7,12H,2,5H2,1H3,(H,9,11)/t7-/m1/s1. The van der Waals surface area contributed by atoms with Gasteiger partial charge in [-0.2, -0.15) is 0 Å². The van der Waals surface area contributed by atoms with E-state index in [0.717, 1.165) is 12.1 Å². The lowest BCUT2D eigenvalue weighted by atomic mass is 10.2. The van der Waals surface area contributed by atoms with Crippen LogP contribution in [-0.2, 0) is 0 Å². The third-order valence-corrected chi connectivity index (χ3v) is 1.63. The van der Waals surface area contributed by atoms with Gasteiger partial charge in [0, 0.05) is 6.21 Å². The van der Waals surface area contributed by atoms with Crippen LogP contribution in [0, 0.1) is 0 Å². The highest BCUT2D eigenvalue weighted by molar-refractivity contribution is 5.76. The summed E-state index contributed by atoms with van der Waals surface area (Å²) in [6, 6.07) is 0.00769. The molecule has 0 bridgehead atoms. The zero-order valence-electron chi connectivity index (χ0n) is 7.07. The summed E-state index contributed by atoms with van der Waals surface area (Å²) in [4.78, 5) is 10.9. The van der Waals surface area contributed by atoms with Crippen molar-refractivity contribution in [1.29, 1.82) is 0 Å². The number of aliphatic imine (C=N–C) groups is 1. The normalized spacial score (nSPS) is 13.8. The van der Waals surface area contributed by atoms with Gasteiger partial charge in [0.1, 0.15) is 0 Å². The van der Waals surface area contributed by atoms with Crippen LogP contribution in [0.5, 0.6) is 0 Å². The quantitative estimate of drug-likeness (QED) is 0.645. The number of H-pyrrole nitrogens is 1. The smallest absolute Gasteiger partial charge is 0.0924 e. The minimum atomic E-state index is 0.00769. The summed E-state index contributed by atoms with van der Waals surface area (Å²) >= 11 is 0. The number of hydrogen-bond acceptors (Lipinski definition) is 3. The molecular formula is C8H13N3O. The number of rotatable bonds is 4. The van der Waals surface area contributed by atoms with Gasteiger partial charge < -0.3 is 10.1 Å². The molecule has 0 aliphatic rings. The molecule has 0 saturated heterocycles. The molecule has 4 nitrogen and oxygen atoms in total. The summed E-state index contributed by atoms with van der Waals surface area (Å²) in [6.45, 7) is 2.09. The van der Waals surface area contributed by atoms with E-state index in [0.29, 0.717) is 0 Å². The second kappa shape index (κ2) is 4.66. The highest BCUT2D eigenvalue weighted by Crippen LogP contribution is 1.95. The highest BCUT2D eigenvalue weighted by atomic mass is 16.3. The van der Waals surface area contributed by atoms with Crippen molar-refractivity contribution < 1.29 is 5.11 Å². The summed E-state index contributed by atoms with van der Waals surface area (Å²) < 4.78 is 0. The van der Waals surface area contributed by atoms with Gasteiger partial charge in [-0.05, 0) is 6.42 Å². The number of aliphatic hydroxyl groups is 1. The first-order chi connectivity index (χ1) is 5.86. The molecule has 0 fully saturated rings. The minimum Gasteiger partial charge on any atom is -0.394 e. The second-order valence-corrected chi connectivity index (χ2v) is 2.53. The van der Waals surface area contributed by atoms with Crippen LogP contribution in [0.2, 0.25) is 0 Å². The van der Waals surface area contributed by atoms with Crippen molar-refractivity contribution in [3.63, 3.8) is 0 Å². The van der Waals surface area contributed by atoms with Crippen molar-refractivity contribution in [2.75, 3.05) is 6.61 Å². The fourth-order valence-electron chi connectivity index (χ4n) is 0.805. The Hall–Kier alpha value is -1.16. The molecule has 0 aliphatic carbocycles. The molecular weight excluding hydrogens is 154 g/mol. The van der Waals surface area contributed by atoms with Crippen molar-refractivity contribution in [3.05, 3.63) is 18.2 Å². The van der Waals surface area contributed by atoms with E-state index >= 15 is 0 Å². The van der Waals surface area contributed by atoms with Crippen LogP contribution in [0.4, 0.5) is 0 Å². The molecule has 0 aliphatic heterocycles. The molecule has 12 heavy (non-hydrogen) atoms. The Kier molecular flexibility index (Phi) is 3.47. The lowest BCUT2D eigenvalue weighted by Crippen LogP contribution is -2.08. The predicted molar refractivity (Wildman–Crippen MR) is 47.3 cm³/mol. The predicted octanol–water partition coefficient (Wildman–Crippen LogP) is 0.600. The molecule has 0 unspecified atom stereocenters. The topological polar surface area (TPSA) is 61.3 Å². The van der Waals surface area contributed by atoms with Gasteiger partial charge in [-0.15, -0.1) is 0 Å². The number of aromatic amines is 1. The Morgan fingerprint density at radius 2 is 2.67 bits per heavy atom. The van der Waals surface area contributed by atoms with Crippen molar-refractivity contribution >= 4 is 6.21 Å². The number of nitrogens with zero attached hydrogens (tertiary/aromatic N) is 2. The number of aromatic nitrogens is 2. The molecule has 1 rings (SSSR count). The monoisotopic (exact) mass is 167 g/mol.